The normalized spacial score (nSPS) is 13.4. The van der Waals surface area contributed by atoms with Crippen LogP contribution in [0.3, 0.4) is 0 Å². The Bertz CT molecular complexity index is 592. The van der Waals surface area contributed by atoms with Crippen LogP contribution in [0.2, 0.25) is 0 Å². The highest BCUT2D eigenvalue weighted by molar-refractivity contribution is 5.80. The fourth-order valence-electron chi connectivity index (χ4n) is 2.19. The van der Waals surface area contributed by atoms with Gasteiger partial charge in [-0.15, -0.1) is 0 Å². The molecule has 0 unspecified atom stereocenters. The first kappa shape index (κ1) is 16.1. The minimum Gasteiger partial charge on any atom is -0.481 e. The van der Waals surface area contributed by atoms with Crippen molar-refractivity contribution in [2.24, 2.45) is 0 Å². The van der Waals surface area contributed by atoms with Crippen LogP contribution in [-0.4, -0.2) is 18.1 Å². The summed E-state index contributed by atoms with van der Waals surface area (Å²) in [5.74, 6) is 1.55. The van der Waals surface area contributed by atoms with E-state index in [0.717, 1.165) is 24.2 Å². The summed E-state index contributed by atoms with van der Waals surface area (Å²) in [6.07, 6.45) is 2.78. The minimum atomic E-state index is -0.520. The van der Waals surface area contributed by atoms with Crippen molar-refractivity contribution in [1.29, 1.82) is 0 Å². The van der Waals surface area contributed by atoms with Crippen LogP contribution >= 0.6 is 0 Å². The second-order valence-corrected chi connectivity index (χ2v) is 5.60. The molecule has 1 aromatic heterocycles. The highest BCUT2D eigenvalue weighted by Gasteiger charge is 2.17. The molecule has 4 heteroatoms. The molecule has 0 aliphatic carbocycles. The number of aryl methyl sites for hydroxylation is 2. The van der Waals surface area contributed by atoms with Crippen molar-refractivity contribution >= 4 is 5.91 Å². The Kier molecular flexibility index (Phi) is 5.64. The standard InChI is InChI=1S/C18H23NO3/c1-13-6-4-7-17(12-13)22-15(3)18(20)19-14(2)9-10-16-8-5-11-21-16/h4-8,11-12,14-15H,9-10H2,1-3H3,(H,19,20)/t14-,15-/m1/s1. The van der Waals surface area contributed by atoms with Crippen molar-refractivity contribution in [3.8, 4) is 5.75 Å². The summed E-state index contributed by atoms with van der Waals surface area (Å²) in [6, 6.07) is 11.6. The molecule has 2 atom stereocenters. The van der Waals surface area contributed by atoms with Crippen LogP contribution in [0.4, 0.5) is 0 Å². The molecular weight excluding hydrogens is 278 g/mol. The third-order valence-corrected chi connectivity index (χ3v) is 3.46. The van der Waals surface area contributed by atoms with Gasteiger partial charge >= 0.3 is 0 Å². The van der Waals surface area contributed by atoms with E-state index in [0.29, 0.717) is 5.75 Å². The van der Waals surface area contributed by atoms with Crippen LogP contribution in [0.15, 0.2) is 47.1 Å². The van der Waals surface area contributed by atoms with Crippen LogP contribution < -0.4 is 10.1 Å². The number of carbonyl (C=O) groups is 1. The maximum Gasteiger partial charge on any atom is 0.260 e. The molecule has 4 nitrogen and oxygen atoms in total. The highest BCUT2D eigenvalue weighted by atomic mass is 16.5. The zero-order valence-corrected chi connectivity index (χ0v) is 13.3. The molecule has 1 N–H and O–H groups in total. The van der Waals surface area contributed by atoms with Crippen LogP contribution in [0.1, 0.15) is 31.6 Å². The molecule has 22 heavy (non-hydrogen) atoms. The van der Waals surface area contributed by atoms with Crippen molar-refractivity contribution < 1.29 is 13.9 Å². The lowest BCUT2D eigenvalue weighted by molar-refractivity contribution is -0.127. The minimum absolute atomic E-state index is 0.0705. The summed E-state index contributed by atoms with van der Waals surface area (Å²) in [5, 5.41) is 2.97. The van der Waals surface area contributed by atoms with Gasteiger partial charge in [-0.25, -0.2) is 0 Å². The SMILES string of the molecule is Cc1cccc(O[C@H](C)C(=O)N[C@H](C)CCc2ccco2)c1. The maximum absolute atomic E-state index is 12.1. The second kappa shape index (κ2) is 7.69. The molecule has 118 valence electrons. The van der Waals surface area contributed by atoms with Gasteiger partial charge in [0.15, 0.2) is 6.10 Å². The van der Waals surface area contributed by atoms with Gasteiger partial charge in [0.2, 0.25) is 0 Å². The smallest absolute Gasteiger partial charge is 0.260 e. The molecule has 1 aromatic carbocycles. The van der Waals surface area contributed by atoms with Gasteiger partial charge in [0, 0.05) is 12.5 Å². The first-order chi connectivity index (χ1) is 10.5. The Balaban J connectivity index is 1.77. The Morgan fingerprint density at radius 2 is 2.09 bits per heavy atom. The van der Waals surface area contributed by atoms with E-state index in [1.54, 1.807) is 13.2 Å². The lowest BCUT2D eigenvalue weighted by atomic mass is 10.1. The van der Waals surface area contributed by atoms with Crippen LogP contribution in [0.25, 0.3) is 0 Å². The summed E-state index contributed by atoms with van der Waals surface area (Å²) in [5.41, 5.74) is 1.11. The van der Waals surface area contributed by atoms with E-state index in [9.17, 15) is 4.79 Å². The number of amides is 1. The predicted octanol–water partition coefficient (Wildman–Crippen LogP) is 3.49. The summed E-state index contributed by atoms with van der Waals surface area (Å²) < 4.78 is 11.0. The predicted molar refractivity (Wildman–Crippen MR) is 85.9 cm³/mol. The fraction of sp³-hybridized carbons (Fsp3) is 0.389. The molecule has 0 fully saturated rings. The number of ether oxygens (including phenoxy) is 1. The molecule has 0 spiro atoms. The zero-order chi connectivity index (χ0) is 15.9. The number of carbonyl (C=O) groups excluding carboxylic acids is 1. The van der Waals surface area contributed by atoms with E-state index in [1.165, 1.54) is 0 Å². The Hall–Kier alpha value is -2.23. The zero-order valence-electron chi connectivity index (χ0n) is 13.3. The average Bonchev–Trinajstić information content (AvgIpc) is 2.98. The average molecular weight is 301 g/mol. The van der Waals surface area contributed by atoms with Gasteiger partial charge in [0.1, 0.15) is 11.5 Å². The van der Waals surface area contributed by atoms with Gasteiger partial charge in [0.25, 0.3) is 5.91 Å². The lowest BCUT2D eigenvalue weighted by Crippen LogP contribution is -2.41. The first-order valence-corrected chi connectivity index (χ1v) is 7.60. The lowest BCUT2D eigenvalue weighted by Gasteiger charge is -2.18. The fourth-order valence-corrected chi connectivity index (χ4v) is 2.19. The van der Waals surface area contributed by atoms with Gasteiger partial charge < -0.3 is 14.5 Å². The monoisotopic (exact) mass is 301 g/mol. The maximum atomic E-state index is 12.1. The highest BCUT2D eigenvalue weighted by Crippen LogP contribution is 2.14. The van der Waals surface area contributed by atoms with E-state index in [4.69, 9.17) is 9.15 Å². The summed E-state index contributed by atoms with van der Waals surface area (Å²) in [4.78, 5) is 12.1. The summed E-state index contributed by atoms with van der Waals surface area (Å²) in [6.45, 7) is 5.74. The van der Waals surface area contributed by atoms with E-state index < -0.39 is 6.10 Å². The number of hydrogen-bond acceptors (Lipinski definition) is 3. The third kappa shape index (κ3) is 4.95. The van der Waals surface area contributed by atoms with E-state index in [2.05, 4.69) is 5.32 Å². The Morgan fingerprint density at radius 3 is 2.77 bits per heavy atom. The molecular formula is C18H23NO3. The molecule has 0 saturated carbocycles. The molecule has 0 radical (unpaired) electrons. The molecule has 2 aromatic rings. The number of hydrogen-bond donors (Lipinski definition) is 1. The Labute approximate surface area is 131 Å². The molecule has 0 aliphatic heterocycles. The van der Waals surface area contributed by atoms with Gasteiger partial charge in [-0.1, -0.05) is 12.1 Å². The van der Waals surface area contributed by atoms with Gasteiger partial charge in [-0.3, -0.25) is 4.79 Å². The van der Waals surface area contributed by atoms with Crippen molar-refractivity contribution in [1.82, 2.24) is 5.32 Å². The Morgan fingerprint density at radius 1 is 1.27 bits per heavy atom. The van der Waals surface area contributed by atoms with E-state index >= 15 is 0 Å². The first-order valence-electron chi connectivity index (χ1n) is 7.60. The van der Waals surface area contributed by atoms with Gasteiger partial charge in [-0.05, 0) is 57.0 Å². The van der Waals surface area contributed by atoms with E-state index in [-0.39, 0.29) is 11.9 Å². The van der Waals surface area contributed by atoms with Crippen molar-refractivity contribution in [2.75, 3.05) is 0 Å². The molecule has 1 amide bonds. The van der Waals surface area contributed by atoms with Crippen molar-refractivity contribution in [3.63, 3.8) is 0 Å². The van der Waals surface area contributed by atoms with Crippen LogP contribution in [0, 0.1) is 6.92 Å². The van der Waals surface area contributed by atoms with Crippen molar-refractivity contribution in [2.45, 2.75) is 45.8 Å². The quantitative estimate of drug-likeness (QED) is 0.851. The van der Waals surface area contributed by atoms with Crippen LogP contribution in [-0.2, 0) is 11.2 Å². The molecule has 1 heterocycles. The number of furan rings is 1. The van der Waals surface area contributed by atoms with Crippen LogP contribution in [0.5, 0.6) is 5.75 Å². The molecule has 0 saturated heterocycles. The number of rotatable bonds is 7. The second-order valence-electron chi connectivity index (χ2n) is 5.60. The van der Waals surface area contributed by atoms with Gasteiger partial charge in [0.05, 0.1) is 6.26 Å². The molecule has 0 bridgehead atoms. The summed E-state index contributed by atoms with van der Waals surface area (Å²) >= 11 is 0. The molecule has 2 rings (SSSR count). The topological polar surface area (TPSA) is 51.5 Å². The number of nitrogens with one attached hydrogen (secondary N) is 1. The van der Waals surface area contributed by atoms with Crippen molar-refractivity contribution in [3.05, 3.63) is 54.0 Å². The van der Waals surface area contributed by atoms with E-state index in [1.807, 2.05) is 50.2 Å². The molecule has 0 aliphatic rings. The third-order valence-electron chi connectivity index (χ3n) is 3.46. The van der Waals surface area contributed by atoms with Gasteiger partial charge in [-0.2, -0.15) is 0 Å². The summed E-state index contributed by atoms with van der Waals surface area (Å²) in [7, 11) is 0. The largest absolute Gasteiger partial charge is 0.481 e. The number of benzene rings is 1.